The highest BCUT2D eigenvalue weighted by Gasteiger charge is 2.42. The molecule has 1 unspecified atom stereocenters. The van der Waals surface area contributed by atoms with Gasteiger partial charge in [-0.3, -0.25) is 0 Å². The lowest BCUT2D eigenvalue weighted by atomic mass is 9.74. The molecule has 0 bridgehead atoms. The molecule has 2 fully saturated rings. The van der Waals surface area contributed by atoms with Gasteiger partial charge in [0.25, 0.3) is 0 Å². The number of nitrogens with one attached hydrogen (secondary N) is 1. The third-order valence-electron chi connectivity index (χ3n) is 4.71. The van der Waals surface area contributed by atoms with Crippen LogP contribution in [0.25, 0.3) is 0 Å². The summed E-state index contributed by atoms with van der Waals surface area (Å²) in [4.78, 5) is 0. The lowest BCUT2D eigenvalue weighted by molar-refractivity contribution is 0.227. The van der Waals surface area contributed by atoms with Crippen molar-refractivity contribution in [3.8, 4) is 0 Å². The minimum absolute atomic E-state index is 0.207. The lowest BCUT2D eigenvalue weighted by Gasteiger charge is -2.41. The molecule has 1 aliphatic carbocycles. The third kappa shape index (κ3) is 2.91. The molecular weight excluding hydrogens is 270 g/mol. The fourth-order valence-electron chi connectivity index (χ4n) is 3.55. The molecule has 110 valence electrons. The van der Waals surface area contributed by atoms with Gasteiger partial charge in [-0.15, -0.1) is 0 Å². The Labute approximate surface area is 121 Å². The summed E-state index contributed by atoms with van der Waals surface area (Å²) < 4.78 is 23.2. The van der Waals surface area contributed by atoms with Gasteiger partial charge in [0, 0.05) is 11.6 Å². The number of hydrogen-bond donors (Lipinski definition) is 1. The Morgan fingerprint density at radius 1 is 1.30 bits per heavy atom. The van der Waals surface area contributed by atoms with Gasteiger partial charge in [-0.05, 0) is 44.6 Å². The maximum Gasteiger partial charge on any atom is 0.152 e. The molecule has 20 heavy (non-hydrogen) atoms. The van der Waals surface area contributed by atoms with Gasteiger partial charge < -0.3 is 5.32 Å². The van der Waals surface area contributed by atoms with Crippen molar-refractivity contribution >= 4 is 9.84 Å². The van der Waals surface area contributed by atoms with Crippen LogP contribution in [0.4, 0.5) is 0 Å². The molecule has 0 radical (unpaired) electrons. The Hall–Kier alpha value is -0.870. The smallest absolute Gasteiger partial charge is 0.152 e. The molecule has 0 spiro atoms. The maximum atomic E-state index is 11.6. The number of rotatable bonds is 3. The number of sulfone groups is 1. The van der Waals surface area contributed by atoms with Crippen LogP contribution in [0.15, 0.2) is 24.3 Å². The molecule has 1 aromatic carbocycles. The van der Waals surface area contributed by atoms with E-state index in [9.17, 15) is 8.42 Å². The summed E-state index contributed by atoms with van der Waals surface area (Å²) in [5.74, 6) is 1.27. The molecule has 3 nitrogen and oxygen atoms in total. The summed E-state index contributed by atoms with van der Waals surface area (Å²) >= 11 is 0. The zero-order valence-electron chi connectivity index (χ0n) is 12.2. The SMILES string of the molecule is Cc1cccc(C2CC(NC3(C)CCS(=O)(=O)C3)C2)c1. The number of hydrogen-bond acceptors (Lipinski definition) is 3. The Morgan fingerprint density at radius 2 is 2.05 bits per heavy atom. The molecule has 1 atom stereocenters. The van der Waals surface area contributed by atoms with Crippen LogP contribution in [-0.4, -0.2) is 31.5 Å². The van der Waals surface area contributed by atoms with Crippen LogP contribution in [0.1, 0.15) is 43.2 Å². The van der Waals surface area contributed by atoms with Gasteiger partial charge in [-0.1, -0.05) is 29.8 Å². The van der Waals surface area contributed by atoms with Crippen molar-refractivity contribution in [3.63, 3.8) is 0 Å². The van der Waals surface area contributed by atoms with Crippen LogP contribution in [0, 0.1) is 6.92 Å². The first kappa shape index (κ1) is 14.1. The van der Waals surface area contributed by atoms with Crippen LogP contribution >= 0.6 is 0 Å². The van der Waals surface area contributed by atoms with Gasteiger partial charge in [0.1, 0.15) is 0 Å². The Kier molecular flexibility index (Phi) is 3.41. The van der Waals surface area contributed by atoms with E-state index in [1.165, 1.54) is 11.1 Å². The zero-order valence-corrected chi connectivity index (χ0v) is 13.0. The Balaban J connectivity index is 1.56. The molecule has 1 saturated heterocycles. The molecule has 1 N–H and O–H groups in total. The second-order valence-corrected chi connectivity index (χ2v) is 9.01. The van der Waals surface area contributed by atoms with Gasteiger partial charge in [-0.2, -0.15) is 0 Å². The van der Waals surface area contributed by atoms with Gasteiger partial charge in [0.2, 0.25) is 0 Å². The largest absolute Gasteiger partial charge is 0.308 e. The van der Waals surface area contributed by atoms with Crippen LogP contribution < -0.4 is 5.32 Å². The van der Waals surface area contributed by atoms with Crippen molar-refractivity contribution in [1.29, 1.82) is 0 Å². The normalized spacial score (nSPS) is 35.7. The fourth-order valence-corrected chi connectivity index (χ4v) is 5.65. The fraction of sp³-hybridized carbons (Fsp3) is 0.625. The monoisotopic (exact) mass is 293 g/mol. The lowest BCUT2D eigenvalue weighted by Crippen LogP contribution is -2.53. The summed E-state index contributed by atoms with van der Waals surface area (Å²) in [5.41, 5.74) is 2.53. The average Bonchev–Trinajstić information content (AvgIpc) is 2.58. The van der Waals surface area contributed by atoms with Crippen molar-refractivity contribution < 1.29 is 8.42 Å². The molecular formula is C16H23NO2S. The summed E-state index contributed by atoms with van der Waals surface area (Å²) in [6.45, 7) is 4.18. The zero-order chi connectivity index (χ0) is 14.4. The predicted octanol–water partition coefficient (Wildman–Crippen LogP) is 2.41. The first-order chi connectivity index (χ1) is 9.35. The molecule has 1 aromatic rings. The molecule has 3 rings (SSSR count). The number of benzene rings is 1. The van der Waals surface area contributed by atoms with Crippen LogP contribution in [0.2, 0.25) is 0 Å². The van der Waals surface area contributed by atoms with Crippen molar-refractivity contribution in [2.24, 2.45) is 0 Å². The van der Waals surface area contributed by atoms with E-state index in [1.807, 2.05) is 0 Å². The molecule has 0 aromatic heterocycles. The van der Waals surface area contributed by atoms with Crippen molar-refractivity contribution in [3.05, 3.63) is 35.4 Å². The van der Waals surface area contributed by atoms with E-state index >= 15 is 0 Å². The van der Waals surface area contributed by atoms with E-state index < -0.39 is 9.84 Å². The number of aryl methyl sites for hydroxylation is 1. The third-order valence-corrected chi connectivity index (χ3v) is 6.61. The van der Waals surface area contributed by atoms with Crippen molar-refractivity contribution in [1.82, 2.24) is 5.32 Å². The molecule has 1 saturated carbocycles. The van der Waals surface area contributed by atoms with Crippen molar-refractivity contribution in [2.75, 3.05) is 11.5 Å². The van der Waals surface area contributed by atoms with Gasteiger partial charge >= 0.3 is 0 Å². The molecule has 1 heterocycles. The minimum Gasteiger partial charge on any atom is -0.308 e. The quantitative estimate of drug-likeness (QED) is 0.931. The Bertz CT molecular complexity index is 605. The van der Waals surface area contributed by atoms with E-state index in [-0.39, 0.29) is 5.54 Å². The van der Waals surface area contributed by atoms with E-state index in [4.69, 9.17) is 0 Å². The summed E-state index contributed by atoms with van der Waals surface area (Å²) in [6, 6.07) is 9.19. The molecule has 4 heteroatoms. The highest BCUT2D eigenvalue weighted by Crippen LogP contribution is 2.39. The first-order valence-electron chi connectivity index (χ1n) is 7.40. The molecule has 1 aliphatic heterocycles. The highest BCUT2D eigenvalue weighted by molar-refractivity contribution is 7.91. The summed E-state index contributed by atoms with van der Waals surface area (Å²) in [5, 5.41) is 3.58. The molecule has 2 aliphatic rings. The summed E-state index contributed by atoms with van der Waals surface area (Å²) in [7, 11) is -2.82. The van der Waals surface area contributed by atoms with Crippen molar-refractivity contribution in [2.45, 2.75) is 50.6 Å². The van der Waals surface area contributed by atoms with E-state index in [2.05, 4.69) is 43.4 Å². The van der Waals surface area contributed by atoms with E-state index in [1.54, 1.807) is 0 Å². The average molecular weight is 293 g/mol. The van der Waals surface area contributed by atoms with Gasteiger partial charge in [0.05, 0.1) is 11.5 Å². The van der Waals surface area contributed by atoms with Gasteiger partial charge in [0.15, 0.2) is 9.84 Å². The van der Waals surface area contributed by atoms with E-state index in [0.29, 0.717) is 23.5 Å². The van der Waals surface area contributed by atoms with Gasteiger partial charge in [-0.25, -0.2) is 8.42 Å². The van der Waals surface area contributed by atoms with Crippen LogP contribution in [0.5, 0.6) is 0 Å². The van der Waals surface area contributed by atoms with Crippen LogP contribution in [0.3, 0.4) is 0 Å². The topological polar surface area (TPSA) is 46.2 Å². The molecule has 0 amide bonds. The van der Waals surface area contributed by atoms with Crippen LogP contribution in [-0.2, 0) is 9.84 Å². The minimum atomic E-state index is -2.82. The summed E-state index contributed by atoms with van der Waals surface area (Å²) in [6.07, 6.45) is 3.00. The van der Waals surface area contributed by atoms with E-state index in [0.717, 1.165) is 19.3 Å². The Morgan fingerprint density at radius 3 is 2.65 bits per heavy atom. The second kappa shape index (κ2) is 4.85. The first-order valence-corrected chi connectivity index (χ1v) is 9.22. The maximum absolute atomic E-state index is 11.6. The predicted molar refractivity (Wildman–Crippen MR) is 81.8 cm³/mol. The standard InChI is InChI=1S/C16H23NO2S/c1-12-4-3-5-13(8-12)14-9-15(10-14)17-16(2)6-7-20(18,19)11-16/h3-5,8,14-15,17H,6-7,9-11H2,1-2H3. The highest BCUT2D eigenvalue weighted by atomic mass is 32.2. The second-order valence-electron chi connectivity index (χ2n) is 6.83.